The van der Waals surface area contributed by atoms with Crippen molar-refractivity contribution >= 4 is 43.5 Å². The first kappa shape index (κ1) is 26.1. The van der Waals surface area contributed by atoms with Gasteiger partial charge < -0.3 is 14.0 Å². The third-order valence-corrected chi connectivity index (χ3v) is 9.06. The molecular formula is C25H29N3O6S2. The number of rotatable bonds is 6. The number of methoxy groups -OCH3 is 2. The lowest BCUT2D eigenvalue weighted by molar-refractivity contribution is -0.141. The van der Waals surface area contributed by atoms with E-state index in [4.69, 9.17) is 9.47 Å². The van der Waals surface area contributed by atoms with Gasteiger partial charge in [0.1, 0.15) is 17.8 Å². The molecule has 0 N–H and O–H groups in total. The number of benzene rings is 2. The molecule has 3 aromatic rings. The Morgan fingerprint density at radius 1 is 1.06 bits per heavy atom. The molecule has 1 aliphatic rings. The molecule has 2 aromatic carbocycles. The van der Waals surface area contributed by atoms with Crippen LogP contribution in [0.5, 0.6) is 5.75 Å². The summed E-state index contributed by atoms with van der Waals surface area (Å²) in [5, 5.41) is 0. The highest BCUT2D eigenvalue weighted by atomic mass is 32.2. The smallest absolute Gasteiger partial charge is 0.325 e. The maximum absolute atomic E-state index is 13.1. The molecule has 192 valence electrons. The Morgan fingerprint density at radius 3 is 2.33 bits per heavy atom. The number of para-hydroxylation sites is 1. The minimum absolute atomic E-state index is 0.146. The molecule has 11 heteroatoms. The van der Waals surface area contributed by atoms with E-state index in [1.165, 1.54) is 54.1 Å². The SMILES string of the molecule is COC(=O)Cn1c(=NC(=O)c2ccc(S(=O)(=O)N3CC(C)CC(C)C3)cc2)sc2cccc(OC)c21. The fourth-order valence-corrected chi connectivity index (χ4v) is 7.28. The maximum atomic E-state index is 13.1. The third kappa shape index (κ3) is 5.23. The van der Waals surface area contributed by atoms with Gasteiger partial charge in [-0.15, -0.1) is 0 Å². The maximum Gasteiger partial charge on any atom is 0.325 e. The molecule has 1 aromatic heterocycles. The van der Waals surface area contributed by atoms with Crippen molar-refractivity contribution in [1.82, 2.24) is 8.87 Å². The summed E-state index contributed by atoms with van der Waals surface area (Å²) in [6.07, 6.45) is 1.00. The summed E-state index contributed by atoms with van der Waals surface area (Å²) in [4.78, 5) is 29.8. The van der Waals surface area contributed by atoms with Crippen molar-refractivity contribution in [3.63, 3.8) is 0 Å². The summed E-state index contributed by atoms with van der Waals surface area (Å²) in [5.41, 5.74) is 0.872. The quantitative estimate of drug-likeness (QED) is 0.452. The summed E-state index contributed by atoms with van der Waals surface area (Å²) in [5.74, 6) is 0.0748. The van der Waals surface area contributed by atoms with Gasteiger partial charge in [0, 0.05) is 18.7 Å². The van der Waals surface area contributed by atoms with Gasteiger partial charge in [-0.1, -0.05) is 31.3 Å². The average molecular weight is 532 g/mol. The van der Waals surface area contributed by atoms with E-state index in [-0.39, 0.29) is 17.0 Å². The van der Waals surface area contributed by atoms with Crippen molar-refractivity contribution in [3.8, 4) is 5.75 Å². The van der Waals surface area contributed by atoms with Crippen LogP contribution in [0, 0.1) is 11.8 Å². The number of sulfonamides is 1. The lowest BCUT2D eigenvalue weighted by atomic mass is 9.94. The molecule has 2 unspecified atom stereocenters. The van der Waals surface area contributed by atoms with Crippen LogP contribution in [0.1, 0.15) is 30.6 Å². The van der Waals surface area contributed by atoms with Gasteiger partial charge >= 0.3 is 5.97 Å². The van der Waals surface area contributed by atoms with Crippen LogP contribution in [0.2, 0.25) is 0 Å². The highest BCUT2D eigenvalue weighted by Crippen LogP contribution is 2.28. The van der Waals surface area contributed by atoms with Crippen LogP contribution in [-0.4, -0.2) is 56.5 Å². The average Bonchev–Trinajstić information content (AvgIpc) is 3.20. The number of amides is 1. The molecule has 36 heavy (non-hydrogen) atoms. The molecule has 1 saturated heterocycles. The molecule has 4 rings (SSSR count). The fraction of sp³-hybridized carbons (Fsp3) is 0.400. The minimum atomic E-state index is -3.65. The van der Waals surface area contributed by atoms with E-state index < -0.39 is 21.9 Å². The molecular weight excluding hydrogens is 502 g/mol. The van der Waals surface area contributed by atoms with E-state index >= 15 is 0 Å². The fourth-order valence-electron chi connectivity index (χ4n) is 4.56. The van der Waals surface area contributed by atoms with Crippen molar-refractivity contribution in [3.05, 3.63) is 52.8 Å². The third-order valence-electron chi connectivity index (χ3n) is 6.17. The second-order valence-electron chi connectivity index (χ2n) is 9.06. The van der Waals surface area contributed by atoms with E-state index in [2.05, 4.69) is 18.8 Å². The predicted molar refractivity (Wildman–Crippen MR) is 136 cm³/mol. The topological polar surface area (TPSA) is 107 Å². The first-order valence-electron chi connectivity index (χ1n) is 11.6. The molecule has 0 saturated carbocycles. The highest BCUT2D eigenvalue weighted by Gasteiger charge is 2.31. The Balaban J connectivity index is 1.67. The number of nitrogens with zero attached hydrogens (tertiary/aromatic N) is 3. The predicted octanol–water partition coefficient (Wildman–Crippen LogP) is 3.29. The first-order valence-corrected chi connectivity index (χ1v) is 13.8. The van der Waals surface area contributed by atoms with Crippen LogP contribution < -0.4 is 9.54 Å². The zero-order valence-electron chi connectivity index (χ0n) is 20.6. The second-order valence-corrected chi connectivity index (χ2v) is 12.0. The zero-order valence-corrected chi connectivity index (χ0v) is 22.3. The molecule has 0 bridgehead atoms. The number of thiazole rings is 1. The number of fused-ring (bicyclic) bond motifs is 1. The second kappa shape index (κ2) is 10.5. The summed E-state index contributed by atoms with van der Waals surface area (Å²) >= 11 is 1.24. The number of esters is 1. The zero-order chi connectivity index (χ0) is 26.0. The Morgan fingerprint density at radius 2 is 1.72 bits per heavy atom. The largest absolute Gasteiger partial charge is 0.495 e. The minimum Gasteiger partial charge on any atom is -0.495 e. The summed E-state index contributed by atoms with van der Waals surface area (Å²) < 4.78 is 40.4. The monoisotopic (exact) mass is 531 g/mol. The van der Waals surface area contributed by atoms with E-state index in [1.807, 2.05) is 12.1 Å². The van der Waals surface area contributed by atoms with Crippen LogP contribution in [-0.2, 0) is 26.1 Å². The Labute approximate surface area is 214 Å². The van der Waals surface area contributed by atoms with Gasteiger partial charge in [-0.25, -0.2) is 8.42 Å². The van der Waals surface area contributed by atoms with Crippen LogP contribution in [0.3, 0.4) is 0 Å². The van der Waals surface area contributed by atoms with Gasteiger partial charge in [0.25, 0.3) is 5.91 Å². The Kier molecular flexibility index (Phi) is 7.62. The van der Waals surface area contributed by atoms with E-state index in [0.29, 0.717) is 41.0 Å². The molecule has 1 fully saturated rings. The molecule has 0 spiro atoms. The summed E-state index contributed by atoms with van der Waals surface area (Å²) in [6.45, 7) is 4.93. The van der Waals surface area contributed by atoms with Crippen LogP contribution in [0.4, 0.5) is 0 Å². The summed E-state index contributed by atoms with van der Waals surface area (Å²) in [7, 11) is -0.839. The number of carbonyl (C=O) groups excluding carboxylic acids is 2. The van der Waals surface area contributed by atoms with E-state index in [9.17, 15) is 18.0 Å². The Hall–Kier alpha value is -3.02. The van der Waals surface area contributed by atoms with Gasteiger partial charge in [0.2, 0.25) is 10.0 Å². The van der Waals surface area contributed by atoms with Gasteiger partial charge in [-0.05, 0) is 54.7 Å². The number of ether oxygens (including phenoxy) is 2. The molecule has 0 aliphatic carbocycles. The molecule has 9 nitrogen and oxygen atoms in total. The van der Waals surface area contributed by atoms with Gasteiger partial charge in [0.05, 0.1) is 23.8 Å². The number of aromatic nitrogens is 1. The molecule has 2 atom stereocenters. The first-order chi connectivity index (χ1) is 17.1. The standard InChI is InChI=1S/C25H29N3O6S2/c1-16-12-17(2)14-27(13-16)36(31,32)19-10-8-18(9-11-19)24(30)26-25-28(15-22(29)34-4)23-20(33-3)6-5-7-21(23)35-25/h5-11,16-17H,12-15H2,1-4H3. The van der Waals surface area contributed by atoms with Crippen molar-refractivity contribution < 1.29 is 27.5 Å². The van der Waals surface area contributed by atoms with E-state index in [1.54, 1.807) is 10.6 Å². The molecule has 1 aliphatic heterocycles. The Bertz CT molecular complexity index is 1450. The van der Waals surface area contributed by atoms with Crippen LogP contribution in [0.25, 0.3) is 10.2 Å². The van der Waals surface area contributed by atoms with Crippen molar-refractivity contribution in [1.29, 1.82) is 0 Å². The van der Waals surface area contributed by atoms with Crippen LogP contribution in [0.15, 0.2) is 52.4 Å². The number of hydrogen-bond acceptors (Lipinski definition) is 7. The normalized spacial score (nSPS) is 19.4. The highest BCUT2D eigenvalue weighted by molar-refractivity contribution is 7.89. The van der Waals surface area contributed by atoms with Gasteiger partial charge in [0.15, 0.2) is 4.80 Å². The lowest BCUT2D eigenvalue weighted by Gasteiger charge is -2.34. The number of carbonyl (C=O) groups is 2. The van der Waals surface area contributed by atoms with Crippen molar-refractivity contribution in [2.24, 2.45) is 16.8 Å². The number of hydrogen-bond donors (Lipinski definition) is 0. The van der Waals surface area contributed by atoms with E-state index in [0.717, 1.165) is 11.1 Å². The van der Waals surface area contributed by atoms with Crippen molar-refractivity contribution in [2.45, 2.75) is 31.7 Å². The molecule has 2 heterocycles. The lowest BCUT2D eigenvalue weighted by Crippen LogP contribution is -2.42. The molecule has 1 amide bonds. The summed E-state index contributed by atoms with van der Waals surface area (Å²) in [6, 6.07) is 11.2. The number of piperidine rings is 1. The van der Waals surface area contributed by atoms with Crippen LogP contribution >= 0.6 is 11.3 Å². The van der Waals surface area contributed by atoms with Gasteiger partial charge in [-0.2, -0.15) is 9.30 Å². The molecule has 0 radical (unpaired) electrons. The van der Waals surface area contributed by atoms with Gasteiger partial charge in [-0.3, -0.25) is 9.59 Å². The van der Waals surface area contributed by atoms with Crippen molar-refractivity contribution in [2.75, 3.05) is 27.3 Å².